The van der Waals surface area contributed by atoms with Crippen LogP contribution in [0.1, 0.15) is 13.3 Å². The van der Waals surface area contributed by atoms with E-state index in [1.807, 2.05) is 6.92 Å². The predicted octanol–water partition coefficient (Wildman–Crippen LogP) is 0.241. The first-order chi connectivity index (χ1) is 10.0. The molecule has 0 fully saturated rings. The highest BCUT2D eigenvalue weighted by atomic mass is 16.6. The Bertz CT molecular complexity index is 589. The second-order valence-electron chi connectivity index (χ2n) is 4.37. The molecule has 2 amide bonds. The molecule has 1 aromatic rings. The SMILES string of the molecule is CCCNC(=O)CN1C(=O)COc2ccc([N+](=O)[O-])nc21. The van der Waals surface area contributed by atoms with Crippen LogP contribution in [0.25, 0.3) is 0 Å². The first-order valence-corrected chi connectivity index (χ1v) is 6.38. The number of anilines is 1. The number of nitrogens with one attached hydrogen (secondary N) is 1. The molecule has 0 spiro atoms. The van der Waals surface area contributed by atoms with Crippen LogP contribution >= 0.6 is 0 Å². The van der Waals surface area contributed by atoms with Crippen LogP contribution in [0.5, 0.6) is 5.75 Å². The molecule has 1 aromatic heterocycles. The van der Waals surface area contributed by atoms with Gasteiger partial charge in [0.25, 0.3) is 11.7 Å². The summed E-state index contributed by atoms with van der Waals surface area (Å²) in [5.74, 6) is -1.00. The zero-order valence-electron chi connectivity index (χ0n) is 11.4. The summed E-state index contributed by atoms with van der Waals surface area (Å²) in [6, 6.07) is 2.55. The standard InChI is InChI=1S/C12H14N4O5/c1-2-5-13-10(17)6-15-11(18)7-21-8-3-4-9(16(19)20)14-12(8)15/h3-4H,2,5-7H2,1H3,(H,13,17). The summed E-state index contributed by atoms with van der Waals surface area (Å²) in [5, 5.41) is 13.4. The smallest absolute Gasteiger partial charge is 0.366 e. The normalized spacial score (nSPS) is 13.4. The Kier molecular flexibility index (Phi) is 4.31. The van der Waals surface area contributed by atoms with E-state index in [0.717, 1.165) is 11.3 Å². The second kappa shape index (κ2) is 6.16. The molecule has 0 saturated heterocycles. The molecule has 21 heavy (non-hydrogen) atoms. The lowest BCUT2D eigenvalue weighted by Gasteiger charge is -2.24. The summed E-state index contributed by atoms with van der Waals surface area (Å²) < 4.78 is 5.16. The highest BCUT2D eigenvalue weighted by molar-refractivity contribution is 6.01. The van der Waals surface area contributed by atoms with Gasteiger partial charge in [0.15, 0.2) is 12.4 Å². The number of hydrogen-bond donors (Lipinski definition) is 1. The van der Waals surface area contributed by atoms with Gasteiger partial charge in [0.05, 0.1) is 0 Å². The van der Waals surface area contributed by atoms with Crippen molar-refractivity contribution >= 4 is 23.5 Å². The first-order valence-electron chi connectivity index (χ1n) is 6.38. The molecule has 9 nitrogen and oxygen atoms in total. The molecule has 112 valence electrons. The molecule has 9 heteroatoms. The highest BCUT2D eigenvalue weighted by Gasteiger charge is 2.33. The highest BCUT2D eigenvalue weighted by Crippen LogP contribution is 2.31. The van der Waals surface area contributed by atoms with Gasteiger partial charge in [-0.1, -0.05) is 6.92 Å². The average Bonchev–Trinajstić information content (AvgIpc) is 2.47. The van der Waals surface area contributed by atoms with Gasteiger partial charge in [0.2, 0.25) is 5.91 Å². The fourth-order valence-corrected chi connectivity index (χ4v) is 1.80. The van der Waals surface area contributed by atoms with Crippen LogP contribution in [0.15, 0.2) is 12.1 Å². The minimum absolute atomic E-state index is 0.00732. The van der Waals surface area contributed by atoms with Gasteiger partial charge >= 0.3 is 5.82 Å². The average molecular weight is 294 g/mol. The third-order valence-corrected chi connectivity index (χ3v) is 2.79. The van der Waals surface area contributed by atoms with Gasteiger partial charge in [-0.3, -0.25) is 14.5 Å². The van der Waals surface area contributed by atoms with E-state index in [1.54, 1.807) is 0 Å². The lowest BCUT2D eigenvalue weighted by molar-refractivity contribution is -0.389. The second-order valence-corrected chi connectivity index (χ2v) is 4.37. The Morgan fingerprint density at radius 1 is 1.57 bits per heavy atom. The Balaban J connectivity index is 2.26. The molecule has 1 aliphatic rings. The summed E-state index contributed by atoms with van der Waals surface area (Å²) in [6.45, 7) is 1.92. The van der Waals surface area contributed by atoms with E-state index < -0.39 is 16.6 Å². The number of carbonyl (C=O) groups excluding carboxylic acids is 2. The van der Waals surface area contributed by atoms with Crippen LogP contribution < -0.4 is 15.0 Å². The zero-order valence-corrected chi connectivity index (χ0v) is 11.4. The third-order valence-electron chi connectivity index (χ3n) is 2.79. The Morgan fingerprint density at radius 2 is 2.33 bits per heavy atom. The third kappa shape index (κ3) is 3.25. The zero-order chi connectivity index (χ0) is 15.4. The van der Waals surface area contributed by atoms with Crippen LogP contribution in [0, 0.1) is 10.1 Å². The number of nitro groups is 1. The molecule has 0 aromatic carbocycles. The van der Waals surface area contributed by atoms with E-state index in [9.17, 15) is 19.7 Å². The van der Waals surface area contributed by atoms with E-state index >= 15 is 0 Å². The molecular formula is C12H14N4O5. The Labute approximate surface area is 120 Å². The molecule has 2 heterocycles. The molecule has 0 bridgehead atoms. The maximum Gasteiger partial charge on any atom is 0.366 e. The molecule has 0 unspecified atom stereocenters. The summed E-state index contributed by atoms with van der Waals surface area (Å²) in [5.41, 5.74) is 0. The molecule has 0 atom stereocenters. The molecule has 0 aliphatic carbocycles. The van der Waals surface area contributed by atoms with Crippen LogP contribution in [0.2, 0.25) is 0 Å². The maximum absolute atomic E-state index is 11.9. The topological polar surface area (TPSA) is 115 Å². The van der Waals surface area contributed by atoms with Crippen LogP contribution in [-0.4, -0.2) is 41.4 Å². The monoisotopic (exact) mass is 294 g/mol. The van der Waals surface area contributed by atoms with E-state index in [0.29, 0.717) is 6.54 Å². The van der Waals surface area contributed by atoms with Crippen molar-refractivity contribution in [3.8, 4) is 5.75 Å². The van der Waals surface area contributed by atoms with Gasteiger partial charge in [-0.2, -0.15) is 0 Å². The van der Waals surface area contributed by atoms with Crippen molar-refractivity contribution < 1.29 is 19.2 Å². The summed E-state index contributed by atoms with van der Waals surface area (Å²) >= 11 is 0. The van der Waals surface area contributed by atoms with Gasteiger partial charge in [-0.05, 0) is 22.4 Å². The number of ether oxygens (including phenoxy) is 1. The van der Waals surface area contributed by atoms with E-state index in [2.05, 4.69) is 10.3 Å². The minimum atomic E-state index is -0.672. The van der Waals surface area contributed by atoms with Gasteiger partial charge in [0, 0.05) is 12.6 Å². The molecular weight excluding hydrogens is 280 g/mol. The molecule has 0 radical (unpaired) electrons. The molecule has 2 rings (SSSR count). The van der Waals surface area contributed by atoms with Crippen LogP contribution in [0.4, 0.5) is 11.6 Å². The van der Waals surface area contributed by atoms with Gasteiger partial charge in [0.1, 0.15) is 6.54 Å². The van der Waals surface area contributed by atoms with Crippen LogP contribution in [0.3, 0.4) is 0 Å². The van der Waals surface area contributed by atoms with Crippen molar-refractivity contribution in [3.63, 3.8) is 0 Å². The fraction of sp³-hybridized carbons (Fsp3) is 0.417. The van der Waals surface area contributed by atoms with Crippen LogP contribution in [-0.2, 0) is 9.59 Å². The number of pyridine rings is 1. The van der Waals surface area contributed by atoms with E-state index in [-0.39, 0.29) is 30.6 Å². The number of carbonyl (C=O) groups is 2. The molecule has 0 saturated carbocycles. The number of fused-ring (bicyclic) bond motifs is 1. The van der Waals surface area contributed by atoms with E-state index in [1.165, 1.54) is 12.1 Å². The molecule has 1 N–H and O–H groups in total. The molecule has 1 aliphatic heterocycles. The number of amides is 2. The van der Waals surface area contributed by atoms with Gasteiger partial charge < -0.3 is 20.2 Å². The van der Waals surface area contributed by atoms with Gasteiger partial charge in [-0.15, -0.1) is 0 Å². The Morgan fingerprint density at radius 3 is 3.00 bits per heavy atom. The Hall–Kier alpha value is -2.71. The fourth-order valence-electron chi connectivity index (χ4n) is 1.80. The maximum atomic E-state index is 11.9. The summed E-state index contributed by atoms with van der Waals surface area (Å²) in [7, 11) is 0. The van der Waals surface area contributed by atoms with Crippen molar-refractivity contribution in [1.82, 2.24) is 10.3 Å². The lowest BCUT2D eigenvalue weighted by Crippen LogP contribution is -2.45. The van der Waals surface area contributed by atoms with Crippen molar-refractivity contribution in [2.24, 2.45) is 0 Å². The first kappa shape index (κ1) is 14.7. The number of rotatable bonds is 5. The van der Waals surface area contributed by atoms with Crippen molar-refractivity contribution in [2.75, 3.05) is 24.6 Å². The number of nitrogens with zero attached hydrogens (tertiary/aromatic N) is 3. The van der Waals surface area contributed by atoms with Crippen molar-refractivity contribution in [2.45, 2.75) is 13.3 Å². The quantitative estimate of drug-likeness (QED) is 0.614. The largest absolute Gasteiger partial charge is 0.477 e. The van der Waals surface area contributed by atoms with Crippen molar-refractivity contribution in [3.05, 3.63) is 22.2 Å². The van der Waals surface area contributed by atoms with E-state index in [4.69, 9.17) is 4.74 Å². The lowest BCUT2D eigenvalue weighted by atomic mass is 10.3. The predicted molar refractivity (Wildman–Crippen MR) is 72.0 cm³/mol. The number of hydrogen-bond acceptors (Lipinski definition) is 6. The number of aromatic nitrogens is 1. The summed E-state index contributed by atoms with van der Waals surface area (Å²) in [6.07, 6.45) is 0.767. The van der Waals surface area contributed by atoms with Crippen molar-refractivity contribution in [1.29, 1.82) is 0 Å². The summed E-state index contributed by atoms with van der Waals surface area (Å²) in [4.78, 5) is 38.6. The minimum Gasteiger partial charge on any atom is -0.477 e. The van der Waals surface area contributed by atoms with Gasteiger partial charge in [-0.25, -0.2) is 0 Å².